The van der Waals surface area contributed by atoms with Gasteiger partial charge in [0.15, 0.2) is 0 Å². The summed E-state index contributed by atoms with van der Waals surface area (Å²) < 4.78 is 21.5. The van der Waals surface area contributed by atoms with Crippen LogP contribution >= 0.6 is 7.75 Å². The van der Waals surface area contributed by atoms with Gasteiger partial charge in [0, 0.05) is 5.69 Å². The Morgan fingerprint density at radius 2 is 2.13 bits per heavy atom. The van der Waals surface area contributed by atoms with Gasteiger partial charge in [-0.15, -0.1) is 0 Å². The molecule has 0 aromatic heterocycles. The third-order valence-corrected chi connectivity index (χ3v) is 2.99. The Morgan fingerprint density at radius 1 is 1.47 bits per heavy atom. The second-order valence-corrected chi connectivity index (χ2v) is 4.26. The van der Waals surface area contributed by atoms with E-state index >= 15 is 0 Å². The average molecular weight is 225 g/mol. The molecule has 1 aromatic carbocycles. The molecule has 80 valence electrons. The molecule has 15 heavy (non-hydrogen) atoms. The Labute approximate surface area is 89.2 Å². The maximum Gasteiger partial charge on any atom is 0.494 e. The van der Waals surface area contributed by atoms with Crippen LogP contribution in [0.15, 0.2) is 30.3 Å². The summed E-state index contributed by atoms with van der Waals surface area (Å²) in [5.74, 6) is 0. The summed E-state index contributed by atoms with van der Waals surface area (Å²) in [5.41, 5.74) is 0.629. The minimum atomic E-state index is -3.43. The van der Waals surface area contributed by atoms with Crippen molar-refractivity contribution >= 4 is 13.4 Å². The van der Waals surface area contributed by atoms with Crippen LogP contribution in [0.3, 0.4) is 0 Å². The summed E-state index contributed by atoms with van der Waals surface area (Å²) in [6, 6.07) is 8.93. The average Bonchev–Trinajstić information content (AvgIpc) is 2.19. The first-order valence-corrected chi connectivity index (χ1v) is 5.96. The van der Waals surface area contributed by atoms with Gasteiger partial charge in [0.25, 0.3) is 0 Å². The van der Waals surface area contributed by atoms with Crippen molar-refractivity contribution in [2.75, 3.05) is 11.7 Å². The largest absolute Gasteiger partial charge is 0.494 e. The van der Waals surface area contributed by atoms with E-state index in [1.54, 1.807) is 31.2 Å². The number of hydrogen-bond donors (Lipinski definition) is 1. The number of terminal acetylenes is 1. The van der Waals surface area contributed by atoms with E-state index in [4.69, 9.17) is 10.9 Å². The van der Waals surface area contributed by atoms with E-state index in [9.17, 15) is 4.57 Å². The van der Waals surface area contributed by atoms with Gasteiger partial charge in [-0.1, -0.05) is 24.6 Å². The highest BCUT2D eigenvalue weighted by Crippen LogP contribution is 2.47. The summed E-state index contributed by atoms with van der Waals surface area (Å²) in [6.45, 7) is 1.96. The minimum absolute atomic E-state index is 0.249. The van der Waals surface area contributed by atoms with Crippen LogP contribution in [0.5, 0.6) is 0 Å². The lowest BCUT2D eigenvalue weighted by atomic mass is 10.3. The summed E-state index contributed by atoms with van der Waals surface area (Å²) in [4.78, 5) is 0. The van der Waals surface area contributed by atoms with E-state index in [1.165, 1.54) is 0 Å². The van der Waals surface area contributed by atoms with Crippen molar-refractivity contribution in [3.63, 3.8) is 0 Å². The molecular formula is C10H12NO3P. The van der Waals surface area contributed by atoms with Gasteiger partial charge in [0.2, 0.25) is 0 Å². The summed E-state index contributed by atoms with van der Waals surface area (Å²) in [6.07, 6.45) is 6.80. The third-order valence-electron chi connectivity index (χ3n) is 1.51. The molecule has 0 bridgehead atoms. The predicted molar refractivity (Wildman–Crippen MR) is 59.2 cm³/mol. The highest BCUT2D eigenvalue weighted by atomic mass is 31.2. The van der Waals surface area contributed by atoms with Gasteiger partial charge in [-0.25, -0.2) is 4.57 Å². The lowest BCUT2D eigenvalue weighted by Crippen LogP contribution is -2.02. The van der Waals surface area contributed by atoms with Crippen LogP contribution in [0.2, 0.25) is 0 Å². The second-order valence-electron chi connectivity index (χ2n) is 2.60. The molecule has 0 radical (unpaired) electrons. The van der Waals surface area contributed by atoms with E-state index in [0.29, 0.717) is 5.69 Å². The molecular weight excluding hydrogens is 213 g/mol. The Hall–Kier alpha value is -1.43. The maximum atomic E-state index is 11.9. The first-order chi connectivity index (χ1) is 7.20. The highest BCUT2D eigenvalue weighted by Gasteiger charge is 2.24. The molecule has 0 aliphatic rings. The van der Waals surface area contributed by atoms with Crippen molar-refractivity contribution in [2.24, 2.45) is 0 Å². The molecule has 1 atom stereocenters. The Bertz CT molecular complexity index is 385. The quantitative estimate of drug-likeness (QED) is 0.618. The molecule has 5 heteroatoms. The van der Waals surface area contributed by atoms with Crippen LogP contribution in [0, 0.1) is 12.5 Å². The second kappa shape index (κ2) is 5.45. The van der Waals surface area contributed by atoms with Crippen molar-refractivity contribution in [1.29, 1.82) is 0 Å². The van der Waals surface area contributed by atoms with Crippen LogP contribution in [-0.2, 0) is 13.6 Å². The number of benzene rings is 1. The molecule has 1 aromatic rings. The Morgan fingerprint density at radius 3 is 2.67 bits per heavy atom. The molecule has 1 N–H and O–H groups in total. The summed E-state index contributed by atoms with van der Waals surface area (Å²) in [7, 11) is -3.43. The predicted octanol–water partition coefficient (Wildman–Crippen LogP) is 2.85. The van der Waals surface area contributed by atoms with Crippen molar-refractivity contribution in [1.82, 2.24) is 0 Å². The number of anilines is 1. The molecule has 0 saturated heterocycles. The highest BCUT2D eigenvalue weighted by molar-refractivity contribution is 7.55. The van der Waals surface area contributed by atoms with Crippen LogP contribution in [-0.4, -0.2) is 6.61 Å². The molecule has 0 amide bonds. The fraction of sp³-hybridized carbons (Fsp3) is 0.200. The zero-order valence-corrected chi connectivity index (χ0v) is 9.24. The van der Waals surface area contributed by atoms with Gasteiger partial charge in [0.1, 0.15) is 6.11 Å². The van der Waals surface area contributed by atoms with Crippen LogP contribution < -0.4 is 5.09 Å². The molecule has 1 rings (SSSR count). The third kappa shape index (κ3) is 3.67. The normalized spacial score (nSPS) is 13.6. The van der Waals surface area contributed by atoms with Gasteiger partial charge in [-0.2, -0.15) is 0 Å². The lowest BCUT2D eigenvalue weighted by Gasteiger charge is -2.15. The van der Waals surface area contributed by atoms with E-state index < -0.39 is 7.75 Å². The molecule has 0 heterocycles. The van der Waals surface area contributed by atoms with E-state index in [1.807, 2.05) is 12.2 Å². The Kier molecular flexibility index (Phi) is 4.23. The zero-order valence-electron chi connectivity index (χ0n) is 8.34. The standard InChI is InChI=1S/C10H12NO3P/c1-3-13-15(12,14-4-2)11-10-8-6-5-7-9-10/h1,5-9H,4H2,2H3,(H,11,12). The molecule has 0 saturated carbocycles. The molecule has 0 spiro atoms. The first-order valence-electron chi connectivity index (χ1n) is 4.42. The van der Waals surface area contributed by atoms with E-state index in [0.717, 1.165) is 0 Å². The maximum absolute atomic E-state index is 11.9. The molecule has 0 aliphatic heterocycles. The monoisotopic (exact) mass is 225 g/mol. The van der Waals surface area contributed by atoms with Crippen molar-refractivity contribution in [3.8, 4) is 12.5 Å². The minimum Gasteiger partial charge on any atom is -0.355 e. The van der Waals surface area contributed by atoms with Crippen molar-refractivity contribution in [2.45, 2.75) is 6.92 Å². The van der Waals surface area contributed by atoms with Gasteiger partial charge in [-0.3, -0.25) is 9.61 Å². The van der Waals surface area contributed by atoms with Gasteiger partial charge < -0.3 is 4.52 Å². The number of rotatable bonds is 5. The van der Waals surface area contributed by atoms with Gasteiger partial charge >= 0.3 is 7.75 Å². The fourth-order valence-corrected chi connectivity index (χ4v) is 2.10. The van der Waals surface area contributed by atoms with E-state index in [2.05, 4.69) is 9.61 Å². The van der Waals surface area contributed by atoms with Crippen LogP contribution in [0.4, 0.5) is 5.69 Å². The number of nitrogens with one attached hydrogen (secondary N) is 1. The smallest absolute Gasteiger partial charge is 0.355 e. The number of hydrogen-bond acceptors (Lipinski definition) is 3. The van der Waals surface area contributed by atoms with Crippen LogP contribution in [0.1, 0.15) is 6.92 Å². The Balaban J connectivity index is 2.76. The van der Waals surface area contributed by atoms with Crippen LogP contribution in [0.25, 0.3) is 0 Å². The van der Waals surface area contributed by atoms with Crippen molar-refractivity contribution in [3.05, 3.63) is 30.3 Å². The topological polar surface area (TPSA) is 47.6 Å². The first kappa shape index (κ1) is 11.6. The van der Waals surface area contributed by atoms with Crippen molar-refractivity contribution < 1.29 is 13.6 Å². The molecule has 4 nitrogen and oxygen atoms in total. The zero-order chi connectivity index (χ0) is 11.1. The van der Waals surface area contributed by atoms with Gasteiger partial charge in [0.05, 0.1) is 6.61 Å². The molecule has 0 fully saturated rings. The summed E-state index contributed by atoms with van der Waals surface area (Å²) >= 11 is 0. The number of para-hydroxylation sites is 1. The molecule has 1 unspecified atom stereocenters. The molecule has 0 aliphatic carbocycles. The SMILES string of the molecule is C#COP(=O)(Nc1ccccc1)OCC. The van der Waals surface area contributed by atoms with E-state index in [-0.39, 0.29) is 6.61 Å². The fourth-order valence-electron chi connectivity index (χ4n) is 0.992. The lowest BCUT2D eigenvalue weighted by molar-refractivity contribution is 0.275. The van der Waals surface area contributed by atoms with Gasteiger partial charge in [-0.05, 0) is 19.1 Å². The summed E-state index contributed by atoms with van der Waals surface area (Å²) in [5, 5.41) is 2.63.